The Balaban J connectivity index is 2.67. The number of anilines is 2. The summed E-state index contributed by atoms with van der Waals surface area (Å²) >= 11 is 0. The first-order valence-electron chi connectivity index (χ1n) is 11.8. The second kappa shape index (κ2) is 13.2. The molecule has 0 aromatic heterocycles. The van der Waals surface area contributed by atoms with E-state index in [4.69, 9.17) is 10.5 Å². The highest BCUT2D eigenvalue weighted by molar-refractivity contribution is 5.96. The Morgan fingerprint density at radius 2 is 1.62 bits per heavy atom. The van der Waals surface area contributed by atoms with Crippen LogP contribution in [0.2, 0.25) is 0 Å². The summed E-state index contributed by atoms with van der Waals surface area (Å²) in [6, 6.07) is 5.40. The zero-order valence-corrected chi connectivity index (χ0v) is 21.1. The summed E-state index contributed by atoms with van der Waals surface area (Å²) in [5, 5.41) is 6.02. The summed E-state index contributed by atoms with van der Waals surface area (Å²) in [7, 11) is 0. The molecule has 1 rings (SSSR count). The van der Waals surface area contributed by atoms with Gasteiger partial charge in [-0.3, -0.25) is 4.79 Å². The molecule has 1 aromatic rings. The lowest BCUT2D eigenvalue weighted by Gasteiger charge is -2.25. The van der Waals surface area contributed by atoms with Crippen molar-refractivity contribution in [1.82, 2.24) is 10.2 Å². The fourth-order valence-electron chi connectivity index (χ4n) is 2.98. The van der Waals surface area contributed by atoms with Crippen molar-refractivity contribution in [3.05, 3.63) is 23.8 Å². The average molecular weight is 449 g/mol. The molecule has 32 heavy (non-hydrogen) atoms. The molecule has 0 fully saturated rings. The zero-order chi connectivity index (χ0) is 24.3. The van der Waals surface area contributed by atoms with Gasteiger partial charge in [-0.2, -0.15) is 0 Å². The van der Waals surface area contributed by atoms with E-state index in [0.717, 1.165) is 31.6 Å². The van der Waals surface area contributed by atoms with Crippen molar-refractivity contribution in [3.63, 3.8) is 0 Å². The molecule has 0 aliphatic carbocycles. The van der Waals surface area contributed by atoms with Crippen LogP contribution in [0.1, 0.15) is 78.1 Å². The van der Waals surface area contributed by atoms with Gasteiger partial charge in [-0.25, -0.2) is 4.79 Å². The van der Waals surface area contributed by atoms with Crippen molar-refractivity contribution in [2.24, 2.45) is 11.8 Å². The van der Waals surface area contributed by atoms with E-state index in [1.54, 1.807) is 12.1 Å². The molecule has 2 amide bonds. The number of carbonyl (C=O) groups excluding carboxylic acids is 2. The SMILES string of the molecule is CC(C)CCN(CCC(C)C)C(=O)c1ccc(N)c(NCCCNC(=O)OC(C)(C)C)c1. The molecule has 0 unspecified atom stereocenters. The van der Waals surface area contributed by atoms with Crippen LogP contribution in [-0.4, -0.2) is 48.7 Å². The Bertz CT molecular complexity index is 714. The Kier molecular flexibility index (Phi) is 11.4. The minimum Gasteiger partial charge on any atom is -0.444 e. The van der Waals surface area contributed by atoms with Crippen molar-refractivity contribution in [3.8, 4) is 0 Å². The van der Waals surface area contributed by atoms with Crippen molar-refractivity contribution >= 4 is 23.4 Å². The molecule has 4 N–H and O–H groups in total. The number of benzene rings is 1. The van der Waals surface area contributed by atoms with E-state index in [-0.39, 0.29) is 5.91 Å². The number of amides is 2. The third kappa shape index (κ3) is 11.3. The number of hydrogen-bond donors (Lipinski definition) is 3. The monoisotopic (exact) mass is 448 g/mol. The van der Waals surface area contributed by atoms with Crippen LogP contribution in [0.4, 0.5) is 16.2 Å². The van der Waals surface area contributed by atoms with Gasteiger partial charge < -0.3 is 26.0 Å². The summed E-state index contributed by atoms with van der Waals surface area (Å²) in [6.45, 7) is 16.8. The van der Waals surface area contributed by atoms with E-state index >= 15 is 0 Å². The van der Waals surface area contributed by atoms with Gasteiger partial charge in [-0.1, -0.05) is 27.7 Å². The van der Waals surface area contributed by atoms with Crippen molar-refractivity contribution in [1.29, 1.82) is 0 Å². The molecule has 1 aromatic carbocycles. The van der Waals surface area contributed by atoms with E-state index in [2.05, 4.69) is 38.3 Å². The van der Waals surface area contributed by atoms with E-state index in [0.29, 0.717) is 42.6 Å². The van der Waals surface area contributed by atoms with E-state index in [1.807, 2.05) is 31.7 Å². The summed E-state index contributed by atoms with van der Waals surface area (Å²) in [6.07, 6.45) is 2.24. The van der Waals surface area contributed by atoms with Gasteiger partial charge in [0.1, 0.15) is 5.60 Å². The van der Waals surface area contributed by atoms with Gasteiger partial charge in [-0.05, 0) is 70.1 Å². The predicted octanol–water partition coefficient (Wildman–Crippen LogP) is 5.13. The number of rotatable bonds is 12. The van der Waals surface area contributed by atoms with Crippen LogP contribution >= 0.6 is 0 Å². The predicted molar refractivity (Wildman–Crippen MR) is 133 cm³/mol. The summed E-state index contributed by atoms with van der Waals surface area (Å²) < 4.78 is 5.22. The Hall–Kier alpha value is -2.44. The average Bonchev–Trinajstić information content (AvgIpc) is 2.66. The molecule has 0 heterocycles. The Labute approximate surface area is 194 Å². The summed E-state index contributed by atoms with van der Waals surface area (Å²) in [4.78, 5) is 26.9. The van der Waals surface area contributed by atoms with Crippen molar-refractivity contribution in [2.45, 2.75) is 73.3 Å². The molecule has 182 valence electrons. The molecule has 0 radical (unpaired) electrons. The fourth-order valence-corrected chi connectivity index (χ4v) is 2.98. The minimum atomic E-state index is -0.512. The normalized spacial score (nSPS) is 11.5. The molecule has 0 aliphatic heterocycles. The van der Waals surface area contributed by atoms with Crippen LogP contribution in [0, 0.1) is 11.8 Å². The third-order valence-corrected chi connectivity index (χ3v) is 4.88. The van der Waals surface area contributed by atoms with Gasteiger partial charge >= 0.3 is 6.09 Å². The molecule has 0 saturated heterocycles. The lowest BCUT2D eigenvalue weighted by molar-refractivity contribution is 0.0527. The highest BCUT2D eigenvalue weighted by Gasteiger charge is 2.18. The molecular weight excluding hydrogens is 404 g/mol. The molecule has 0 aliphatic rings. The van der Waals surface area contributed by atoms with Crippen molar-refractivity contribution in [2.75, 3.05) is 37.2 Å². The van der Waals surface area contributed by atoms with Crippen molar-refractivity contribution < 1.29 is 14.3 Å². The van der Waals surface area contributed by atoms with Gasteiger partial charge in [0.2, 0.25) is 0 Å². The number of nitrogens with zero attached hydrogens (tertiary/aromatic N) is 1. The quantitative estimate of drug-likeness (QED) is 0.304. The number of nitrogens with one attached hydrogen (secondary N) is 2. The molecule has 0 bridgehead atoms. The first-order chi connectivity index (χ1) is 14.9. The topological polar surface area (TPSA) is 96.7 Å². The van der Waals surface area contributed by atoms with Crippen LogP contribution in [0.5, 0.6) is 0 Å². The number of ether oxygens (including phenoxy) is 1. The van der Waals surface area contributed by atoms with Crippen LogP contribution in [0.3, 0.4) is 0 Å². The standard InChI is InChI=1S/C25H44N4O3/c1-18(2)11-15-29(16-12-19(3)4)23(30)20-9-10-21(26)22(17-20)27-13-8-14-28-24(31)32-25(5,6)7/h9-10,17-19,27H,8,11-16,26H2,1-7H3,(H,28,31). The van der Waals surface area contributed by atoms with E-state index in [9.17, 15) is 9.59 Å². The molecule has 0 saturated carbocycles. The summed E-state index contributed by atoms with van der Waals surface area (Å²) in [5.41, 5.74) is 7.58. The third-order valence-electron chi connectivity index (χ3n) is 4.88. The maximum Gasteiger partial charge on any atom is 0.407 e. The zero-order valence-electron chi connectivity index (χ0n) is 21.1. The highest BCUT2D eigenvalue weighted by Crippen LogP contribution is 2.22. The summed E-state index contributed by atoms with van der Waals surface area (Å²) in [5.74, 6) is 1.13. The lowest BCUT2D eigenvalue weighted by Crippen LogP contribution is -2.34. The molecular formula is C25H44N4O3. The maximum atomic E-state index is 13.2. The van der Waals surface area contributed by atoms with Gasteiger partial charge in [0, 0.05) is 31.7 Å². The molecule has 7 nitrogen and oxygen atoms in total. The van der Waals surface area contributed by atoms with Gasteiger partial charge in [0.15, 0.2) is 0 Å². The highest BCUT2D eigenvalue weighted by atomic mass is 16.6. The van der Waals surface area contributed by atoms with Crippen LogP contribution < -0.4 is 16.4 Å². The Morgan fingerprint density at radius 3 is 2.16 bits per heavy atom. The van der Waals surface area contributed by atoms with Gasteiger partial charge in [0.05, 0.1) is 11.4 Å². The van der Waals surface area contributed by atoms with E-state index in [1.165, 1.54) is 0 Å². The minimum absolute atomic E-state index is 0.0425. The smallest absolute Gasteiger partial charge is 0.407 e. The van der Waals surface area contributed by atoms with E-state index < -0.39 is 11.7 Å². The number of nitrogens with two attached hydrogens (primary N) is 1. The first kappa shape index (κ1) is 27.6. The molecule has 0 spiro atoms. The van der Waals surface area contributed by atoms with Crippen LogP contribution in [-0.2, 0) is 4.74 Å². The molecule has 7 heteroatoms. The lowest BCUT2D eigenvalue weighted by atomic mass is 10.1. The number of alkyl carbamates (subject to hydrolysis) is 1. The number of hydrogen-bond acceptors (Lipinski definition) is 5. The number of carbonyl (C=O) groups is 2. The van der Waals surface area contributed by atoms with Gasteiger partial charge in [0.25, 0.3) is 5.91 Å². The van der Waals surface area contributed by atoms with Crippen LogP contribution in [0.25, 0.3) is 0 Å². The fraction of sp³-hybridized carbons (Fsp3) is 0.680. The number of nitrogen functional groups attached to an aromatic ring is 1. The van der Waals surface area contributed by atoms with Gasteiger partial charge in [-0.15, -0.1) is 0 Å². The molecule has 0 atom stereocenters. The second-order valence-corrected chi connectivity index (χ2v) is 10.2. The van der Waals surface area contributed by atoms with Crippen LogP contribution in [0.15, 0.2) is 18.2 Å². The Morgan fingerprint density at radius 1 is 1.03 bits per heavy atom. The second-order valence-electron chi connectivity index (χ2n) is 10.2. The largest absolute Gasteiger partial charge is 0.444 e. The maximum absolute atomic E-state index is 13.2. The first-order valence-corrected chi connectivity index (χ1v) is 11.8.